The molecule has 116 valence electrons. The smallest absolute Gasteiger partial charge is 0.265 e. The summed E-state index contributed by atoms with van der Waals surface area (Å²) in [6.07, 6.45) is -0.569. The number of halogens is 1. The van der Waals surface area contributed by atoms with Crippen LogP contribution < -0.4 is 10.1 Å². The molecule has 0 heterocycles. The van der Waals surface area contributed by atoms with E-state index in [2.05, 4.69) is 28.2 Å². The highest BCUT2D eigenvalue weighted by molar-refractivity contribution is 9.10. The fraction of sp³-hybridized carbons (Fsp3) is 0.235. The lowest BCUT2D eigenvalue weighted by molar-refractivity contribution is -0.122. The molecule has 1 N–H and O–H groups in total. The molecule has 0 aliphatic heterocycles. The molecule has 0 radical (unpaired) electrons. The normalized spacial score (nSPS) is 11.8. The Kier molecular flexibility index (Phi) is 6.34. The maximum Gasteiger partial charge on any atom is 0.265 e. The molecule has 1 atom stereocenters. The maximum absolute atomic E-state index is 12.3. The van der Waals surface area contributed by atoms with Crippen LogP contribution in [-0.2, 0) is 4.79 Å². The van der Waals surface area contributed by atoms with Gasteiger partial charge in [-0.25, -0.2) is 0 Å². The third-order valence-electron chi connectivity index (χ3n) is 2.94. The van der Waals surface area contributed by atoms with Gasteiger partial charge in [0, 0.05) is 9.37 Å². The van der Waals surface area contributed by atoms with Crippen LogP contribution in [0.1, 0.15) is 13.8 Å². The van der Waals surface area contributed by atoms with E-state index >= 15 is 0 Å². The number of carbonyl (C=O) groups excluding carboxylic acids is 1. The van der Waals surface area contributed by atoms with E-state index in [1.807, 2.05) is 48.5 Å². The van der Waals surface area contributed by atoms with Gasteiger partial charge in [-0.3, -0.25) is 4.79 Å². The molecule has 0 aliphatic carbocycles. The summed E-state index contributed by atoms with van der Waals surface area (Å²) in [5, 5.41) is 2.93. The van der Waals surface area contributed by atoms with Crippen molar-refractivity contribution in [3.05, 3.63) is 53.0 Å². The van der Waals surface area contributed by atoms with Crippen LogP contribution in [0.3, 0.4) is 0 Å². The van der Waals surface area contributed by atoms with E-state index in [0.29, 0.717) is 5.75 Å². The van der Waals surface area contributed by atoms with E-state index in [1.54, 1.807) is 18.7 Å². The third-order valence-corrected chi connectivity index (χ3v) is 4.42. The van der Waals surface area contributed by atoms with Gasteiger partial charge >= 0.3 is 0 Å². The van der Waals surface area contributed by atoms with E-state index in [9.17, 15) is 4.79 Å². The first-order valence-corrected chi connectivity index (χ1v) is 8.83. The summed E-state index contributed by atoms with van der Waals surface area (Å²) >= 11 is 5.07. The molecule has 22 heavy (non-hydrogen) atoms. The molecule has 0 fully saturated rings. The second-order valence-electron chi connectivity index (χ2n) is 4.63. The molecule has 2 rings (SSSR count). The van der Waals surface area contributed by atoms with Crippen LogP contribution >= 0.6 is 27.7 Å². The fourth-order valence-electron chi connectivity index (χ4n) is 1.86. The molecule has 2 aromatic carbocycles. The van der Waals surface area contributed by atoms with Crippen molar-refractivity contribution in [3.63, 3.8) is 0 Å². The number of benzene rings is 2. The summed E-state index contributed by atoms with van der Waals surface area (Å²) in [6, 6.07) is 15.2. The summed E-state index contributed by atoms with van der Waals surface area (Å²) in [6.45, 7) is 3.83. The topological polar surface area (TPSA) is 38.3 Å². The monoisotopic (exact) mass is 379 g/mol. The number of amides is 1. The lowest BCUT2D eigenvalue weighted by atomic mass is 10.3. The Labute approximate surface area is 143 Å². The predicted octanol–water partition coefficient (Wildman–Crippen LogP) is 4.97. The molecule has 0 bridgehead atoms. The highest BCUT2D eigenvalue weighted by atomic mass is 79.9. The zero-order valence-corrected chi connectivity index (χ0v) is 14.9. The number of hydrogen-bond acceptors (Lipinski definition) is 3. The fourth-order valence-corrected chi connectivity index (χ4v) is 2.88. The number of ether oxygens (including phenoxy) is 1. The van der Waals surface area contributed by atoms with Crippen molar-refractivity contribution >= 4 is 39.3 Å². The molecule has 2 aromatic rings. The first kappa shape index (κ1) is 16.9. The van der Waals surface area contributed by atoms with Crippen LogP contribution in [0.25, 0.3) is 0 Å². The van der Waals surface area contributed by atoms with Crippen molar-refractivity contribution in [2.24, 2.45) is 0 Å². The van der Waals surface area contributed by atoms with E-state index < -0.39 is 6.10 Å². The summed E-state index contributed by atoms with van der Waals surface area (Å²) in [5.41, 5.74) is 0.825. The van der Waals surface area contributed by atoms with Crippen LogP contribution in [0.2, 0.25) is 0 Å². The van der Waals surface area contributed by atoms with Crippen molar-refractivity contribution in [3.8, 4) is 5.75 Å². The van der Waals surface area contributed by atoms with Crippen molar-refractivity contribution in [2.75, 3.05) is 11.1 Å². The van der Waals surface area contributed by atoms with Crippen LogP contribution in [0, 0.1) is 0 Å². The molecule has 0 saturated heterocycles. The van der Waals surface area contributed by atoms with Gasteiger partial charge in [0.05, 0.1) is 5.69 Å². The zero-order chi connectivity index (χ0) is 15.9. The Morgan fingerprint density at radius 3 is 2.59 bits per heavy atom. The number of hydrogen-bond donors (Lipinski definition) is 1. The summed E-state index contributed by atoms with van der Waals surface area (Å²) in [7, 11) is 0. The van der Waals surface area contributed by atoms with Crippen LogP contribution in [0.15, 0.2) is 57.9 Å². The molecule has 1 amide bonds. The van der Waals surface area contributed by atoms with Crippen molar-refractivity contribution in [1.29, 1.82) is 0 Å². The van der Waals surface area contributed by atoms with E-state index in [4.69, 9.17) is 4.74 Å². The van der Waals surface area contributed by atoms with Gasteiger partial charge in [0.1, 0.15) is 5.75 Å². The Bertz CT molecular complexity index is 631. The molecule has 0 aliphatic rings. The van der Waals surface area contributed by atoms with Crippen molar-refractivity contribution in [1.82, 2.24) is 0 Å². The second-order valence-corrected chi connectivity index (χ2v) is 6.85. The third kappa shape index (κ3) is 4.78. The largest absolute Gasteiger partial charge is 0.481 e. The molecule has 5 heteroatoms. The van der Waals surface area contributed by atoms with E-state index in [-0.39, 0.29) is 5.91 Å². The molecule has 0 aromatic heterocycles. The minimum Gasteiger partial charge on any atom is -0.481 e. The maximum atomic E-state index is 12.3. The van der Waals surface area contributed by atoms with Gasteiger partial charge in [0.2, 0.25) is 0 Å². The minimum absolute atomic E-state index is 0.160. The molecule has 3 nitrogen and oxygen atoms in total. The van der Waals surface area contributed by atoms with E-state index in [1.165, 1.54) is 0 Å². The van der Waals surface area contributed by atoms with Gasteiger partial charge in [0.15, 0.2) is 6.10 Å². The average molecular weight is 380 g/mol. The van der Waals surface area contributed by atoms with Crippen molar-refractivity contribution < 1.29 is 9.53 Å². The van der Waals surface area contributed by atoms with Gasteiger partial charge in [-0.2, -0.15) is 0 Å². The van der Waals surface area contributed by atoms with Crippen LogP contribution in [0.5, 0.6) is 5.75 Å². The average Bonchev–Trinajstić information content (AvgIpc) is 2.51. The first-order valence-electron chi connectivity index (χ1n) is 7.05. The number of rotatable bonds is 6. The van der Waals surface area contributed by atoms with Gasteiger partial charge < -0.3 is 10.1 Å². The summed E-state index contributed by atoms with van der Waals surface area (Å²) in [5.74, 6) is 1.46. The SMILES string of the molecule is CCSc1ccccc1NC(=O)C(C)Oc1ccc(Br)cc1. The number of nitrogens with one attached hydrogen (secondary N) is 1. The first-order chi connectivity index (χ1) is 10.6. The quantitative estimate of drug-likeness (QED) is 0.720. The Morgan fingerprint density at radius 1 is 1.23 bits per heavy atom. The lowest BCUT2D eigenvalue weighted by Crippen LogP contribution is -2.30. The van der Waals surface area contributed by atoms with Gasteiger partial charge in [-0.15, -0.1) is 11.8 Å². The van der Waals surface area contributed by atoms with Crippen molar-refractivity contribution in [2.45, 2.75) is 24.8 Å². The molecule has 0 spiro atoms. The molecule has 0 saturated carbocycles. The highest BCUT2D eigenvalue weighted by Gasteiger charge is 2.16. The Hall–Kier alpha value is -1.46. The van der Waals surface area contributed by atoms with Crippen LogP contribution in [0.4, 0.5) is 5.69 Å². The summed E-state index contributed by atoms with van der Waals surface area (Å²) < 4.78 is 6.64. The highest BCUT2D eigenvalue weighted by Crippen LogP contribution is 2.27. The van der Waals surface area contributed by atoms with E-state index in [0.717, 1.165) is 20.8 Å². The Balaban J connectivity index is 2.01. The summed E-state index contributed by atoms with van der Waals surface area (Å²) in [4.78, 5) is 13.3. The number of para-hydroxylation sites is 1. The number of thioether (sulfide) groups is 1. The lowest BCUT2D eigenvalue weighted by Gasteiger charge is -2.16. The second kappa shape index (κ2) is 8.25. The molecular formula is C17H18BrNO2S. The van der Waals surface area contributed by atoms with Gasteiger partial charge in [-0.05, 0) is 49.1 Å². The molecule has 1 unspecified atom stereocenters. The number of carbonyl (C=O) groups is 1. The standard InChI is InChI=1S/C17H18BrNO2S/c1-3-22-16-7-5-4-6-15(16)19-17(20)12(2)21-14-10-8-13(18)9-11-14/h4-12H,3H2,1-2H3,(H,19,20). The minimum atomic E-state index is -0.569. The van der Waals surface area contributed by atoms with Gasteiger partial charge in [-0.1, -0.05) is 35.0 Å². The number of anilines is 1. The Morgan fingerprint density at radius 2 is 1.91 bits per heavy atom. The van der Waals surface area contributed by atoms with Gasteiger partial charge in [0.25, 0.3) is 5.91 Å². The predicted molar refractivity (Wildman–Crippen MR) is 95.7 cm³/mol. The zero-order valence-electron chi connectivity index (χ0n) is 12.5. The molecular weight excluding hydrogens is 362 g/mol. The van der Waals surface area contributed by atoms with Crippen LogP contribution in [-0.4, -0.2) is 17.8 Å².